The van der Waals surface area contributed by atoms with Gasteiger partial charge in [-0.05, 0) is 44.9 Å². The number of nitrogens with zero attached hydrogens (tertiary/aromatic N) is 4. The van der Waals surface area contributed by atoms with Crippen LogP contribution in [0.1, 0.15) is 41.5 Å². The maximum atomic E-state index is 12.6. The molecule has 1 aliphatic heterocycles. The van der Waals surface area contributed by atoms with Crippen LogP contribution in [0.25, 0.3) is 5.82 Å². The van der Waals surface area contributed by atoms with Crippen LogP contribution < -0.4 is 5.32 Å². The Morgan fingerprint density at radius 2 is 1.92 bits per heavy atom. The van der Waals surface area contributed by atoms with Crippen LogP contribution in [0.3, 0.4) is 0 Å². The summed E-state index contributed by atoms with van der Waals surface area (Å²) in [6.45, 7) is 6.71. The number of amides is 2. The van der Waals surface area contributed by atoms with E-state index in [-0.39, 0.29) is 17.9 Å². The van der Waals surface area contributed by atoms with Gasteiger partial charge >= 0.3 is 0 Å². The summed E-state index contributed by atoms with van der Waals surface area (Å²) >= 11 is 0. The first-order valence-electron chi connectivity index (χ1n) is 8.50. The van der Waals surface area contributed by atoms with E-state index in [1.165, 1.54) is 6.92 Å². The lowest BCUT2D eigenvalue weighted by Gasteiger charge is -2.32. The van der Waals surface area contributed by atoms with Crippen LogP contribution >= 0.6 is 0 Å². The van der Waals surface area contributed by atoms with E-state index in [1.54, 1.807) is 16.9 Å². The van der Waals surface area contributed by atoms with Crippen molar-refractivity contribution in [1.29, 1.82) is 0 Å². The Morgan fingerprint density at radius 1 is 1.20 bits per heavy atom. The summed E-state index contributed by atoms with van der Waals surface area (Å²) in [6, 6.07) is 5.76. The molecule has 7 nitrogen and oxygen atoms in total. The summed E-state index contributed by atoms with van der Waals surface area (Å²) in [4.78, 5) is 29.9. The fourth-order valence-corrected chi connectivity index (χ4v) is 3.20. The number of hydrogen-bond acceptors (Lipinski definition) is 4. The zero-order valence-corrected chi connectivity index (χ0v) is 14.8. The molecular formula is C18H23N5O2. The van der Waals surface area contributed by atoms with Crippen LogP contribution in [0.15, 0.2) is 24.4 Å². The van der Waals surface area contributed by atoms with Gasteiger partial charge in [0.05, 0.1) is 11.3 Å². The average Bonchev–Trinajstić information content (AvgIpc) is 2.93. The Bertz CT molecular complexity index is 773. The second kappa shape index (κ2) is 7.04. The van der Waals surface area contributed by atoms with E-state index in [0.29, 0.717) is 24.5 Å². The lowest BCUT2D eigenvalue weighted by Crippen LogP contribution is -2.46. The molecule has 2 amide bonds. The summed E-state index contributed by atoms with van der Waals surface area (Å²) in [7, 11) is 0. The normalized spacial score (nSPS) is 15.2. The molecule has 1 N–H and O–H groups in total. The van der Waals surface area contributed by atoms with Crippen molar-refractivity contribution in [2.24, 2.45) is 0 Å². The predicted molar refractivity (Wildman–Crippen MR) is 93.6 cm³/mol. The van der Waals surface area contributed by atoms with Gasteiger partial charge in [-0.3, -0.25) is 9.59 Å². The summed E-state index contributed by atoms with van der Waals surface area (Å²) in [5, 5.41) is 7.32. The fraction of sp³-hybridized carbons (Fsp3) is 0.444. The van der Waals surface area contributed by atoms with Gasteiger partial charge in [-0.2, -0.15) is 5.10 Å². The number of piperidine rings is 1. The molecule has 0 saturated carbocycles. The van der Waals surface area contributed by atoms with Crippen LogP contribution in [0.5, 0.6) is 0 Å². The molecule has 1 aliphatic rings. The highest BCUT2D eigenvalue weighted by Crippen LogP contribution is 2.15. The van der Waals surface area contributed by atoms with Gasteiger partial charge in [-0.15, -0.1) is 0 Å². The summed E-state index contributed by atoms with van der Waals surface area (Å²) < 4.78 is 1.77. The van der Waals surface area contributed by atoms with Crippen molar-refractivity contribution >= 4 is 11.8 Å². The number of nitrogens with one attached hydrogen (secondary N) is 1. The van der Waals surface area contributed by atoms with Gasteiger partial charge in [-0.1, -0.05) is 0 Å². The molecule has 0 radical (unpaired) electrons. The minimum absolute atomic E-state index is 0.0197. The topological polar surface area (TPSA) is 80.1 Å². The standard InChI is InChI=1S/C18H23N5O2/c1-12-10-13(2)23(21-12)17-5-4-15(11-19-17)18(25)22-8-6-16(7-9-22)20-14(3)24/h4-5,10-11,16H,6-9H2,1-3H3,(H,20,24). The molecule has 3 heterocycles. The molecule has 0 aromatic carbocycles. The van der Waals surface area contributed by atoms with Crippen LogP contribution in [0, 0.1) is 13.8 Å². The van der Waals surface area contributed by atoms with Gasteiger partial charge < -0.3 is 10.2 Å². The van der Waals surface area contributed by atoms with Crippen molar-refractivity contribution in [2.75, 3.05) is 13.1 Å². The molecule has 2 aromatic heterocycles. The molecule has 3 rings (SSSR count). The van der Waals surface area contributed by atoms with Gasteiger partial charge in [0.1, 0.15) is 0 Å². The molecule has 25 heavy (non-hydrogen) atoms. The molecule has 7 heteroatoms. The minimum atomic E-state index is -0.0197. The van der Waals surface area contributed by atoms with E-state index in [1.807, 2.05) is 30.9 Å². The predicted octanol–water partition coefficient (Wildman–Crippen LogP) is 1.62. The maximum absolute atomic E-state index is 12.6. The largest absolute Gasteiger partial charge is 0.353 e. The number of rotatable bonds is 3. The Morgan fingerprint density at radius 3 is 2.44 bits per heavy atom. The van der Waals surface area contributed by atoms with E-state index in [4.69, 9.17) is 0 Å². The third-order valence-electron chi connectivity index (χ3n) is 4.41. The zero-order chi connectivity index (χ0) is 18.0. The monoisotopic (exact) mass is 341 g/mol. The second-order valence-corrected chi connectivity index (χ2v) is 6.51. The first-order chi connectivity index (χ1) is 11.9. The number of hydrogen-bond donors (Lipinski definition) is 1. The number of carbonyl (C=O) groups excluding carboxylic acids is 2. The number of aryl methyl sites for hydroxylation is 2. The fourth-order valence-electron chi connectivity index (χ4n) is 3.20. The molecular weight excluding hydrogens is 318 g/mol. The lowest BCUT2D eigenvalue weighted by atomic mass is 10.0. The highest BCUT2D eigenvalue weighted by Gasteiger charge is 2.24. The maximum Gasteiger partial charge on any atom is 0.255 e. The van der Waals surface area contributed by atoms with Crippen molar-refractivity contribution < 1.29 is 9.59 Å². The number of likely N-dealkylation sites (tertiary alicyclic amines) is 1. The van der Waals surface area contributed by atoms with Gasteiger partial charge in [0, 0.05) is 37.9 Å². The summed E-state index contributed by atoms with van der Waals surface area (Å²) in [5.41, 5.74) is 2.51. The van der Waals surface area contributed by atoms with Gasteiger partial charge in [0.2, 0.25) is 5.91 Å². The van der Waals surface area contributed by atoms with Crippen LogP contribution in [0.4, 0.5) is 0 Å². The van der Waals surface area contributed by atoms with Crippen LogP contribution in [-0.4, -0.2) is 50.6 Å². The third kappa shape index (κ3) is 3.87. The second-order valence-electron chi connectivity index (χ2n) is 6.51. The van der Waals surface area contributed by atoms with E-state index in [9.17, 15) is 9.59 Å². The van der Waals surface area contributed by atoms with E-state index in [2.05, 4.69) is 15.4 Å². The first kappa shape index (κ1) is 17.1. The highest BCUT2D eigenvalue weighted by molar-refractivity contribution is 5.94. The van der Waals surface area contributed by atoms with Gasteiger partial charge in [-0.25, -0.2) is 9.67 Å². The van der Waals surface area contributed by atoms with Crippen LogP contribution in [-0.2, 0) is 4.79 Å². The Labute approximate surface area is 147 Å². The Balaban J connectivity index is 1.65. The lowest BCUT2D eigenvalue weighted by molar-refractivity contribution is -0.119. The molecule has 1 fully saturated rings. The Hall–Kier alpha value is -2.70. The molecule has 0 aliphatic carbocycles. The van der Waals surface area contributed by atoms with Crippen molar-refractivity contribution in [3.05, 3.63) is 41.3 Å². The highest BCUT2D eigenvalue weighted by atomic mass is 16.2. The number of pyridine rings is 1. The minimum Gasteiger partial charge on any atom is -0.353 e. The SMILES string of the molecule is CC(=O)NC1CCN(C(=O)c2ccc(-n3nc(C)cc3C)nc2)CC1. The molecule has 1 saturated heterocycles. The van der Waals surface area contributed by atoms with Gasteiger partial charge in [0.25, 0.3) is 5.91 Å². The Kier molecular flexibility index (Phi) is 4.83. The van der Waals surface area contributed by atoms with Gasteiger partial charge in [0.15, 0.2) is 5.82 Å². The average molecular weight is 341 g/mol. The zero-order valence-electron chi connectivity index (χ0n) is 14.8. The van der Waals surface area contributed by atoms with Crippen molar-refractivity contribution in [3.63, 3.8) is 0 Å². The summed E-state index contributed by atoms with van der Waals surface area (Å²) in [5.74, 6) is 0.661. The summed E-state index contributed by atoms with van der Waals surface area (Å²) in [6.07, 6.45) is 3.17. The van der Waals surface area contributed by atoms with Crippen LogP contribution in [0.2, 0.25) is 0 Å². The molecule has 2 aromatic rings. The van der Waals surface area contributed by atoms with E-state index >= 15 is 0 Å². The number of carbonyl (C=O) groups is 2. The molecule has 0 bridgehead atoms. The quantitative estimate of drug-likeness (QED) is 0.920. The van der Waals surface area contributed by atoms with E-state index < -0.39 is 0 Å². The molecule has 0 unspecified atom stereocenters. The van der Waals surface area contributed by atoms with Crippen molar-refractivity contribution in [2.45, 2.75) is 39.7 Å². The molecule has 132 valence electrons. The smallest absolute Gasteiger partial charge is 0.255 e. The molecule has 0 spiro atoms. The van der Waals surface area contributed by atoms with Crippen molar-refractivity contribution in [1.82, 2.24) is 25.0 Å². The van der Waals surface area contributed by atoms with E-state index in [0.717, 1.165) is 24.2 Å². The number of aromatic nitrogens is 3. The first-order valence-corrected chi connectivity index (χ1v) is 8.50. The molecule has 0 atom stereocenters. The third-order valence-corrected chi connectivity index (χ3v) is 4.41. The van der Waals surface area contributed by atoms with Crippen molar-refractivity contribution in [3.8, 4) is 5.82 Å².